The van der Waals surface area contributed by atoms with Gasteiger partial charge in [0.05, 0.1) is 5.92 Å². The number of nitrogens with zero attached hydrogens (tertiary/aromatic N) is 4. The molecule has 0 bridgehead atoms. The Hall–Kier alpha value is -1.69. The first-order valence-electron chi connectivity index (χ1n) is 8.03. The summed E-state index contributed by atoms with van der Waals surface area (Å²) >= 11 is 0. The van der Waals surface area contributed by atoms with Crippen molar-refractivity contribution in [1.82, 2.24) is 14.9 Å². The van der Waals surface area contributed by atoms with Crippen LogP contribution in [0.1, 0.15) is 37.2 Å². The number of anilines is 1. The highest BCUT2D eigenvalue weighted by Crippen LogP contribution is 2.28. The SMILES string of the molecule is CC(=O)N1CC(c2nc(C)cc(N3CCC[C@H](CO)C3)n2)C1. The van der Waals surface area contributed by atoms with Gasteiger partial charge in [0.1, 0.15) is 11.6 Å². The van der Waals surface area contributed by atoms with E-state index < -0.39 is 0 Å². The fourth-order valence-electron chi connectivity index (χ4n) is 3.24. The third-order valence-corrected chi connectivity index (χ3v) is 4.65. The molecule has 1 N–H and O–H groups in total. The average molecular weight is 304 g/mol. The normalized spacial score (nSPS) is 22.6. The number of aliphatic hydroxyl groups is 1. The lowest BCUT2D eigenvalue weighted by Gasteiger charge is -2.38. The highest BCUT2D eigenvalue weighted by molar-refractivity contribution is 5.74. The van der Waals surface area contributed by atoms with Gasteiger partial charge < -0.3 is 14.9 Å². The van der Waals surface area contributed by atoms with Crippen LogP contribution in [0.25, 0.3) is 0 Å². The highest BCUT2D eigenvalue weighted by Gasteiger charge is 2.32. The molecule has 3 rings (SSSR count). The van der Waals surface area contributed by atoms with Gasteiger partial charge in [0.25, 0.3) is 0 Å². The summed E-state index contributed by atoms with van der Waals surface area (Å²) in [7, 11) is 0. The van der Waals surface area contributed by atoms with Gasteiger partial charge in [-0.15, -0.1) is 0 Å². The van der Waals surface area contributed by atoms with Crippen LogP contribution >= 0.6 is 0 Å². The maximum absolute atomic E-state index is 11.3. The molecule has 0 saturated carbocycles. The third kappa shape index (κ3) is 3.06. The molecule has 1 aromatic heterocycles. The molecule has 120 valence electrons. The zero-order valence-electron chi connectivity index (χ0n) is 13.3. The van der Waals surface area contributed by atoms with Gasteiger partial charge in [-0.1, -0.05) is 0 Å². The summed E-state index contributed by atoms with van der Waals surface area (Å²) in [6.07, 6.45) is 2.17. The highest BCUT2D eigenvalue weighted by atomic mass is 16.3. The number of aryl methyl sites for hydroxylation is 1. The smallest absolute Gasteiger partial charge is 0.219 e. The van der Waals surface area contributed by atoms with E-state index in [1.807, 2.05) is 17.9 Å². The van der Waals surface area contributed by atoms with Gasteiger partial charge in [0, 0.05) is 51.5 Å². The minimum absolute atomic E-state index is 0.117. The Bertz CT molecular complexity index is 557. The van der Waals surface area contributed by atoms with E-state index >= 15 is 0 Å². The summed E-state index contributed by atoms with van der Waals surface area (Å²) in [4.78, 5) is 24.7. The molecule has 0 spiro atoms. The van der Waals surface area contributed by atoms with E-state index in [0.29, 0.717) is 5.92 Å². The molecule has 0 radical (unpaired) electrons. The number of amides is 1. The van der Waals surface area contributed by atoms with Gasteiger partial charge in [-0.05, 0) is 25.7 Å². The van der Waals surface area contributed by atoms with Crippen LogP contribution in [0.4, 0.5) is 5.82 Å². The predicted octanol–water partition coefficient (Wildman–Crippen LogP) is 0.939. The number of aromatic nitrogens is 2. The van der Waals surface area contributed by atoms with E-state index in [1.54, 1.807) is 6.92 Å². The lowest BCUT2D eigenvalue weighted by atomic mass is 9.98. The molecular formula is C16H24N4O2. The largest absolute Gasteiger partial charge is 0.396 e. The summed E-state index contributed by atoms with van der Waals surface area (Å²) in [5, 5.41) is 9.38. The Balaban J connectivity index is 1.74. The molecule has 0 unspecified atom stereocenters. The molecule has 6 nitrogen and oxygen atoms in total. The van der Waals surface area contributed by atoms with Gasteiger partial charge >= 0.3 is 0 Å². The van der Waals surface area contributed by atoms with Crippen LogP contribution in [0.5, 0.6) is 0 Å². The molecule has 22 heavy (non-hydrogen) atoms. The van der Waals surface area contributed by atoms with E-state index in [0.717, 1.165) is 56.4 Å². The van der Waals surface area contributed by atoms with Crippen molar-refractivity contribution in [2.75, 3.05) is 37.7 Å². The topological polar surface area (TPSA) is 69.6 Å². The molecule has 1 amide bonds. The maximum Gasteiger partial charge on any atom is 0.219 e. The first-order valence-corrected chi connectivity index (χ1v) is 8.03. The van der Waals surface area contributed by atoms with Crippen molar-refractivity contribution in [2.45, 2.75) is 32.6 Å². The van der Waals surface area contributed by atoms with Gasteiger partial charge in [0.2, 0.25) is 5.91 Å². The molecule has 1 aromatic rings. The number of hydrogen-bond acceptors (Lipinski definition) is 5. The minimum Gasteiger partial charge on any atom is -0.396 e. The van der Waals surface area contributed by atoms with Crippen molar-refractivity contribution in [1.29, 1.82) is 0 Å². The van der Waals surface area contributed by atoms with E-state index in [2.05, 4.69) is 9.88 Å². The van der Waals surface area contributed by atoms with Crippen LogP contribution in [0.2, 0.25) is 0 Å². The number of carbonyl (C=O) groups excluding carboxylic acids is 1. The Morgan fingerprint density at radius 3 is 2.82 bits per heavy atom. The minimum atomic E-state index is 0.117. The lowest BCUT2D eigenvalue weighted by Crippen LogP contribution is -2.48. The standard InChI is InChI=1S/C16H24N4O2/c1-11-6-15(19-5-3-4-13(7-19)10-21)18-16(17-11)14-8-20(9-14)12(2)22/h6,13-14,21H,3-5,7-10H2,1-2H3/t13-/m0/s1. The Kier molecular flexibility index (Phi) is 4.29. The number of rotatable bonds is 3. The van der Waals surface area contributed by atoms with Gasteiger partial charge in [-0.2, -0.15) is 0 Å². The van der Waals surface area contributed by atoms with Gasteiger partial charge in [-0.3, -0.25) is 4.79 Å². The van der Waals surface area contributed by atoms with E-state index in [-0.39, 0.29) is 18.4 Å². The summed E-state index contributed by atoms with van der Waals surface area (Å²) in [5.74, 6) is 2.51. The van der Waals surface area contributed by atoms with E-state index in [1.165, 1.54) is 0 Å². The molecule has 2 aliphatic heterocycles. The summed E-state index contributed by atoms with van der Waals surface area (Å²) < 4.78 is 0. The Morgan fingerprint density at radius 2 is 2.14 bits per heavy atom. The van der Waals surface area contributed by atoms with Crippen LogP contribution in [-0.2, 0) is 4.79 Å². The predicted molar refractivity (Wildman–Crippen MR) is 83.8 cm³/mol. The van der Waals surface area contributed by atoms with Crippen molar-refractivity contribution in [3.8, 4) is 0 Å². The average Bonchev–Trinajstić information content (AvgIpc) is 2.45. The van der Waals surface area contributed by atoms with Crippen molar-refractivity contribution in [2.24, 2.45) is 5.92 Å². The first kappa shape index (κ1) is 15.2. The molecular weight excluding hydrogens is 280 g/mol. The van der Waals surface area contributed by atoms with Gasteiger partial charge in [0.15, 0.2) is 0 Å². The molecule has 6 heteroatoms. The van der Waals surface area contributed by atoms with Crippen molar-refractivity contribution in [3.05, 3.63) is 17.6 Å². The quantitative estimate of drug-likeness (QED) is 0.900. The maximum atomic E-state index is 11.3. The second-order valence-corrected chi connectivity index (χ2v) is 6.48. The van der Waals surface area contributed by atoms with Crippen LogP contribution < -0.4 is 4.90 Å². The zero-order chi connectivity index (χ0) is 15.7. The summed E-state index contributed by atoms with van der Waals surface area (Å²) in [6.45, 7) is 7.11. The first-order chi connectivity index (χ1) is 10.6. The van der Waals surface area contributed by atoms with Crippen molar-refractivity contribution >= 4 is 11.7 Å². The number of likely N-dealkylation sites (tertiary alicyclic amines) is 1. The van der Waals surface area contributed by atoms with Crippen LogP contribution in [0, 0.1) is 12.8 Å². The number of hydrogen-bond donors (Lipinski definition) is 1. The zero-order valence-corrected chi connectivity index (χ0v) is 13.3. The lowest BCUT2D eigenvalue weighted by molar-refractivity contribution is -0.133. The molecule has 2 fully saturated rings. The van der Waals surface area contributed by atoms with Crippen LogP contribution in [0.15, 0.2) is 6.07 Å². The molecule has 0 aromatic carbocycles. The number of piperidine rings is 1. The van der Waals surface area contributed by atoms with Crippen LogP contribution in [-0.4, -0.2) is 58.7 Å². The van der Waals surface area contributed by atoms with E-state index in [9.17, 15) is 9.90 Å². The fraction of sp³-hybridized carbons (Fsp3) is 0.688. The Morgan fingerprint density at radius 1 is 1.36 bits per heavy atom. The molecule has 2 saturated heterocycles. The van der Waals surface area contributed by atoms with Crippen molar-refractivity contribution in [3.63, 3.8) is 0 Å². The Labute approximate surface area is 131 Å². The van der Waals surface area contributed by atoms with Crippen LogP contribution in [0.3, 0.4) is 0 Å². The molecule has 3 heterocycles. The monoisotopic (exact) mass is 304 g/mol. The summed E-state index contributed by atoms with van der Waals surface area (Å²) in [6, 6.07) is 2.02. The molecule has 2 aliphatic rings. The number of aliphatic hydroxyl groups excluding tert-OH is 1. The second kappa shape index (κ2) is 6.20. The third-order valence-electron chi connectivity index (χ3n) is 4.65. The molecule has 1 atom stereocenters. The second-order valence-electron chi connectivity index (χ2n) is 6.48. The molecule has 0 aliphatic carbocycles. The van der Waals surface area contributed by atoms with E-state index in [4.69, 9.17) is 4.98 Å². The fourth-order valence-corrected chi connectivity index (χ4v) is 3.24. The van der Waals surface area contributed by atoms with Crippen molar-refractivity contribution < 1.29 is 9.90 Å². The number of carbonyl (C=O) groups is 1. The van der Waals surface area contributed by atoms with Gasteiger partial charge in [-0.25, -0.2) is 9.97 Å². The summed E-state index contributed by atoms with van der Waals surface area (Å²) in [5.41, 5.74) is 0.965.